The van der Waals surface area contributed by atoms with Crippen molar-refractivity contribution in [2.45, 2.75) is 39.3 Å². The molecular weight excluding hydrogens is 270 g/mol. The van der Waals surface area contributed by atoms with Gasteiger partial charge in [0.1, 0.15) is 12.4 Å². The minimum Gasteiger partial charge on any atom is -0.444 e. The number of aliphatic hydroxyl groups is 1. The molecule has 0 aliphatic carbocycles. The molecular formula is C16H25NO4. The molecule has 1 N–H and O–H groups in total. The first-order valence-corrected chi connectivity index (χ1v) is 7.12. The van der Waals surface area contributed by atoms with Gasteiger partial charge in [-0.3, -0.25) is 4.90 Å². The zero-order valence-corrected chi connectivity index (χ0v) is 13.2. The van der Waals surface area contributed by atoms with Crippen LogP contribution >= 0.6 is 0 Å². The summed E-state index contributed by atoms with van der Waals surface area (Å²) >= 11 is 0. The van der Waals surface area contributed by atoms with E-state index < -0.39 is 5.60 Å². The van der Waals surface area contributed by atoms with Gasteiger partial charge in [-0.05, 0) is 33.3 Å². The minimum atomic E-state index is -0.552. The number of likely N-dealkylation sites (N-methyl/N-ethyl adjacent to an activating group) is 1. The maximum atomic E-state index is 12.4. The second kappa shape index (κ2) is 8.00. The van der Waals surface area contributed by atoms with Crippen LogP contribution < -0.4 is 0 Å². The normalized spacial score (nSPS) is 12.8. The van der Waals surface area contributed by atoms with Crippen LogP contribution in [0.2, 0.25) is 0 Å². The predicted molar refractivity (Wildman–Crippen MR) is 80.8 cm³/mol. The summed E-state index contributed by atoms with van der Waals surface area (Å²) in [5, 5.41) is 8.88. The van der Waals surface area contributed by atoms with Gasteiger partial charge in [0, 0.05) is 6.54 Å². The van der Waals surface area contributed by atoms with Crippen LogP contribution in [0.25, 0.3) is 0 Å². The number of hydrogen-bond donors (Lipinski definition) is 1. The van der Waals surface area contributed by atoms with E-state index in [1.807, 2.05) is 58.0 Å². The third kappa shape index (κ3) is 5.73. The first-order valence-electron chi connectivity index (χ1n) is 7.12. The molecule has 21 heavy (non-hydrogen) atoms. The zero-order valence-electron chi connectivity index (χ0n) is 13.2. The van der Waals surface area contributed by atoms with Crippen LogP contribution in [-0.2, 0) is 9.47 Å². The summed E-state index contributed by atoms with van der Waals surface area (Å²) in [6.45, 7) is 7.71. The summed E-state index contributed by atoms with van der Waals surface area (Å²) in [5.74, 6) is 0. The van der Waals surface area contributed by atoms with E-state index in [0.29, 0.717) is 6.54 Å². The van der Waals surface area contributed by atoms with Gasteiger partial charge < -0.3 is 14.6 Å². The second-order valence-electron chi connectivity index (χ2n) is 5.69. The highest BCUT2D eigenvalue weighted by molar-refractivity contribution is 5.68. The van der Waals surface area contributed by atoms with Crippen molar-refractivity contribution in [3.8, 4) is 0 Å². The molecule has 118 valence electrons. The Balaban J connectivity index is 2.95. The largest absolute Gasteiger partial charge is 0.444 e. The Morgan fingerprint density at radius 1 is 1.29 bits per heavy atom. The van der Waals surface area contributed by atoms with Gasteiger partial charge in [0.05, 0.1) is 12.6 Å². The van der Waals surface area contributed by atoms with E-state index >= 15 is 0 Å². The van der Waals surface area contributed by atoms with Crippen LogP contribution in [0, 0.1) is 0 Å². The molecule has 0 heterocycles. The average molecular weight is 295 g/mol. The van der Waals surface area contributed by atoms with E-state index in [1.165, 1.54) is 0 Å². The highest BCUT2D eigenvalue weighted by Crippen LogP contribution is 2.23. The Morgan fingerprint density at radius 3 is 2.38 bits per heavy atom. The van der Waals surface area contributed by atoms with Crippen molar-refractivity contribution in [3.05, 3.63) is 35.9 Å². The highest BCUT2D eigenvalue weighted by atomic mass is 16.6. The predicted octanol–water partition coefficient (Wildman–Crippen LogP) is 2.95. The van der Waals surface area contributed by atoms with Crippen LogP contribution in [0.4, 0.5) is 4.79 Å². The summed E-state index contributed by atoms with van der Waals surface area (Å²) in [4.78, 5) is 14.0. The number of carbonyl (C=O) groups is 1. The highest BCUT2D eigenvalue weighted by Gasteiger charge is 2.28. The Hall–Kier alpha value is -1.59. The van der Waals surface area contributed by atoms with Crippen molar-refractivity contribution in [3.63, 3.8) is 0 Å². The fourth-order valence-electron chi connectivity index (χ4n) is 2.00. The van der Waals surface area contributed by atoms with Crippen molar-refractivity contribution in [1.82, 2.24) is 4.90 Å². The molecule has 1 aromatic carbocycles. The third-order valence-corrected chi connectivity index (χ3v) is 2.90. The van der Waals surface area contributed by atoms with E-state index in [1.54, 1.807) is 4.90 Å². The molecule has 1 rings (SSSR count). The number of amides is 1. The summed E-state index contributed by atoms with van der Waals surface area (Å²) < 4.78 is 10.6. The van der Waals surface area contributed by atoms with Crippen molar-refractivity contribution >= 4 is 6.09 Å². The summed E-state index contributed by atoms with van der Waals surface area (Å²) in [5.41, 5.74) is 0.391. The van der Waals surface area contributed by atoms with Gasteiger partial charge >= 0.3 is 6.09 Å². The van der Waals surface area contributed by atoms with Gasteiger partial charge in [0.2, 0.25) is 0 Å². The first-order chi connectivity index (χ1) is 9.89. The van der Waals surface area contributed by atoms with E-state index in [0.717, 1.165) is 5.56 Å². The number of carbonyl (C=O) groups excluding carboxylic acids is 1. The Bertz CT molecular complexity index is 428. The lowest BCUT2D eigenvalue weighted by molar-refractivity contribution is -0.0370. The molecule has 0 radical (unpaired) electrons. The molecule has 1 amide bonds. The Kier molecular flexibility index (Phi) is 6.65. The van der Waals surface area contributed by atoms with Gasteiger partial charge in [-0.1, -0.05) is 30.3 Å². The second-order valence-corrected chi connectivity index (χ2v) is 5.69. The molecule has 0 bridgehead atoms. The third-order valence-electron chi connectivity index (χ3n) is 2.90. The SMILES string of the molecule is CCN(C(=O)OC(C)(C)C)C(COCO)c1ccccc1. The standard InChI is InChI=1S/C16H25NO4/c1-5-17(15(19)21-16(2,3)4)14(11-20-12-18)13-9-7-6-8-10-13/h6-10,14,18H,5,11-12H2,1-4H3. The lowest BCUT2D eigenvalue weighted by Gasteiger charge is -2.32. The molecule has 0 spiro atoms. The van der Waals surface area contributed by atoms with Gasteiger partial charge in [-0.2, -0.15) is 0 Å². The minimum absolute atomic E-state index is 0.216. The maximum absolute atomic E-state index is 12.4. The average Bonchev–Trinajstić information content (AvgIpc) is 2.42. The van der Waals surface area contributed by atoms with Gasteiger partial charge in [-0.25, -0.2) is 4.79 Å². The molecule has 5 heteroatoms. The Labute approximate surface area is 126 Å². The zero-order chi connectivity index (χ0) is 15.9. The fourth-order valence-corrected chi connectivity index (χ4v) is 2.00. The molecule has 1 unspecified atom stereocenters. The molecule has 0 saturated heterocycles. The molecule has 0 saturated carbocycles. The van der Waals surface area contributed by atoms with Crippen molar-refractivity contribution in [2.24, 2.45) is 0 Å². The molecule has 1 aromatic rings. The smallest absolute Gasteiger partial charge is 0.410 e. The Morgan fingerprint density at radius 2 is 1.90 bits per heavy atom. The van der Waals surface area contributed by atoms with E-state index in [-0.39, 0.29) is 25.5 Å². The van der Waals surface area contributed by atoms with E-state index in [4.69, 9.17) is 14.6 Å². The molecule has 0 fully saturated rings. The topological polar surface area (TPSA) is 59.0 Å². The molecule has 0 aliphatic heterocycles. The van der Waals surface area contributed by atoms with E-state index in [9.17, 15) is 4.79 Å². The van der Waals surface area contributed by atoms with Gasteiger partial charge in [0.15, 0.2) is 0 Å². The van der Waals surface area contributed by atoms with Gasteiger partial charge in [-0.15, -0.1) is 0 Å². The summed E-state index contributed by atoms with van der Waals surface area (Å²) in [6.07, 6.45) is -0.389. The van der Waals surface area contributed by atoms with Crippen LogP contribution in [0.1, 0.15) is 39.3 Å². The molecule has 5 nitrogen and oxygen atoms in total. The van der Waals surface area contributed by atoms with Crippen LogP contribution in [-0.4, -0.2) is 41.6 Å². The molecule has 1 atom stereocenters. The lowest BCUT2D eigenvalue weighted by Crippen LogP contribution is -2.40. The van der Waals surface area contributed by atoms with Gasteiger partial charge in [0.25, 0.3) is 0 Å². The molecule has 0 aromatic heterocycles. The number of benzene rings is 1. The first kappa shape index (κ1) is 17.5. The monoisotopic (exact) mass is 295 g/mol. The van der Waals surface area contributed by atoms with Crippen LogP contribution in [0.15, 0.2) is 30.3 Å². The number of rotatable bonds is 6. The van der Waals surface area contributed by atoms with E-state index in [2.05, 4.69) is 0 Å². The van der Waals surface area contributed by atoms with Crippen LogP contribution in [0.3, 0.4) is 0 Å². The number of ether oxygens (including phenoxy) is 2. The van der Waals surface area contributed by atoms with Crippen LogP contribution in [0.5, 0.6) is 0 Å². The lowest BCUT2D eigenvalue weighted by atomic mass is 10.1. The number of nitrogens with zero attached hydrogens (tertiary/aromatic N) is 1. The quantitative estimate of drug-likeness (QED) is 0.820. The summed E-state index contributed by atoms with van der Waals surface area (Å²) in [6, 6.07) is 9.29. The van der Waals surface area contributed by atoms with Crippen molar-refractivity contribution in [2.75, 3.05) is 19.9 Å². The van der Waals surface area contributed by atoms with Crippen molar-refractivity contribution in [1.29, 1.82) is 0 Å². The number of aliphatic hydroxyl groups excluding tert-OH is 1. The van der Waals surface area contributed by atoms with Crippen molar-refractivity contribution < 1.29 is 19.4 Å². The summed E-state index contributed by atoms with van der Waals surface area (Å²) in [7, 11) is 0. The number of hydrogen-bond acceptors (Lipinski definition) is 4. The molecule has 0 aliphatic rings. The maximum Gasteiger partial charge on any atom is 0.410 e. The fraction of sp³-hybridized carbons (Fsp3) is 0.562.